The summed E-state index contributed by atoms with van der Waals surface area (Å²) in [5.74, 6) is 0. The fraction of sp³-hybridized carbons (Fsp3) is 0.600. The lowest BCUT2D eigenvalue weighted by atomic mass is 10.0. The van der Waals surface area contributed by atoms with Gasteiger partial charge in [0.25, 0.3) is 0 Å². The summed E-state index contributed by atoms with van der Waals surface area (Å²) >= 11 is 0. The third kappa shape index (κ3) is 3.05. The number of likely N-dealkylation sites (tertiary alicyclic amines) is 2. The summed E-state index contributed by atoms with van der Waals surface area (Å²) in [4.78, 5) is 4.98. The van der Waals surface area contributed by atoms with Crippen molar-refractivity contribution in [3.8, 4) is 0 Å². The second-order valence-electron chi connectivity index (χ2n) is 7.63. The van der Waals surface area contributed by atoms with Gasteiger partial charge in [-0.05, 0) is 88.9 Å². The molecule has 2 aromatic rings. The second kappa shape index (κ2) is 6.29. The van der Waals surface area contributed by atoms with Crippen LogP contribution in [0.2, 0.25) is 0 Å². The number of piperidine rings is 1. The van der Waals surface area contributed by atoms with Crippen molar-refractivity contribution in [1.82, 2.24) is 14.4 Å². The molecule has 1 aromatic carbocycles. The minimum atomic E-state index is 0.674. The molecule has 1 atom stereocenters. The van der Waals surface area contributed by atoms with Gasteiger partial charge in [0.1, 0.15) is 0 Å². The molecule has 2 aliphatic rings. The first kappa shape index (κ1) is 15.2. The molecule has 0 radical (unpaired) electrons. The van der Waals surface area contributed by atoms with E-state index in [0.29, 0.717) is 6.04 Å². The molecule has 4 rings (SSSR count). The molecule has 23 heavy (non-hydrogen) atoms. The van der Waals surface area contributed by atoms with Gasteiger partial charge in [0.05, 0.1) is 0 Å². The fourth-order valence-corrected chi connectivity index (χ4v) is 4.42. The van der Waals surface area contributed by atoms with Gasteiger partial charge in [-0.3, -0.25) is 0 Å². The van der Waals surface area contributed by atoms with E-state index in [2.05, 4.69) is 58.9 Å². The number of benzene rings is 1. The Bertz CT molecular complexity index is 667. The van der Waals surface area contributed by atoms with Gasteiger partial charge in [0.2, 0.25) is 0 Å². The van der Waals surface area contributed by atoms with E-state index in [0.717, 1.165) is 6.04 Å². The molecule has 0 amide bonds. The monoisotopic (exact) mass is 311 g/mol. The van der Waals surface area contributed by atoms with Gasteiger partial charge < -0.3 is 14.4 Å². The molecule has 0 spiro atoms. The SMILES string of the molecule is CN1CCC(n2ccc3ccc(C[C@@H]4CCCN4C)cc32)CC1. The van der Waals surface area contributed by atoms with Crippen LogP contribution >= 0.6 is 0 Å². The Morgan fingerprint density at radius 1 is 1.00 bits per heavy atom. The maximum atomic E-state index is 2.55. The van der Waals surface area contributed by atoms with Crippen molar-refractivity contribution in [2.45, 2.75) is 44.2 Å². The molecule has 0 saturated carbocycles. The molecule has 0 N–H and O–H groups in total. The van der Waals surface area contributed by atoms with Crippen LogP contribution in [0.4, 0.5) is 0 Å². The first-order chi connectivity index (χ1) is 11.2. The quantitative estimate of drug-likeness (QED) is 0.859. The lowest BCUT2D eigenvalue weighted by molar-refractivity contribution is 0.224. The lowest BCUT2D eigenvalue weighted by Gasteiger charge is -2.30. The maximum Gasteiger partial charge on any atom is 0.0485 e. The van der Waals surface area contributed by atoms with E-state index in [1.54, 1.807) is 0 Å². The van der Waals surface area contributed by atoms with Gasteiger partial charge >= 0.3 is 0 Å². The van der Waals surface area contributed by atoms with E-state index in [9.17, 15) is 0 Å². The first-order valence-corrected chi connectivity index (χ1v) is 9.19. The molecule has 0 unspecified atom stereocenters. The molecule has 3 heterocycles. The molecule has 2 saturated heterocycles. The number of nitrogens with zero attached hydrogens (tertiary/aromatic N) is 3. The Morgan fingerprint density at radius 2 is 1.83 bits per heavy atom. The predicted octanol–water partition coefficient (Wildman–Crippen LogP) is 3.54. The van der Waals surface area contributed by atoms with Crippen molar-refractivity contribution in [3.05, 3.63) is 36.0 Å². The van der Waals surface area contributed by atoms with Gasteiger partial charge in [-0.1, -0.05) is 12.1 Å². The van der Waals surface area contributed by atoms with E-state index in [1.807, 2.05) is 0 Å². The number of rotatable bonds is 3. The second-order valence-corrected chi connectivity index (χ2v) is 7.63. The molecule has 3 heteroatoms. The number of fused-ring (bicyclic) bond motifs is 1. The highest BCUT2D eigenvalue weighted by Crippen LogP contribution is 2.29. The number of aromatic nitrogens is 1. The van der Waals surface area contributed by atoms with Crippen LogP contribution < -0.4 is 0 Å². The summed E-state index contributed by atoms with van der Waals surface area (Å²) < 4.78 is 2.55. The summed E-state index contributed by atoms with van der Waals surface area (Å²) in [7, 11) is 4.51. The van der Waals surface area contributed by atoms with Gasteiger partial charge in [0, 0.05) is 23.8 Å². The smallest absolute Gasteiger partial charge is 0.0485 e. The fourth-order valence-electron chi connectivity index (χ4n) is 4.42. The van der Waals surface area contributed by atoms with E-state index in [4.69, 9.17) is 0 Å². The molecular weight excluding hydrogens is 282 g/mol. The standard InChI is InChI=1S/C20H29N3/c1-21-11-8-18(9-12-21)23-13-7-17-6-5-16(15-20(17)23)14-19-4-3-10-22(19)2/h5-7,13,15,18-19H,3-4,8-12,14H2,1-2H3/t19-/m0/s1. The van der Waals surface area contributed by atoms with E-state index < -0.39 is 0 Å². The zero-order valence-corrected chi connectivity index (χ0v) is 14.5. The average Bonchev–Trinajstić information content (AvgIpc) is 3.15. The maximum absolute atomic E-state index is 2.55. The van der Waals surface area contributed by atoms with Gasteiger partial charge in [-0.2, -0.15) is 0 Å². The Balaban J connectivity index is 1.58. The largest absolute Gasteiger partial charge is 0.344 e. The van der Waals surface area contributed by atoms with E-state index in [1.165, 1.54) is 68.2 Å². The summed E-state index contributed by atoms with van der Waals surface area (Å²) in [6, 6.07) is 10.8. The zero-order chi connectivity index (χ0) is 15.8. The molecular formula is C20H29N3. The highest BCUT2D eigenvalue weighted by atomic mass is 15.1. The van der Waals surface area contributed by atoms with Crippen molar-refractivity contribution in [2.24, 2.45) is 0 Å². The molecule has 2 aliphatic heterocycles. The topological polar surface area (TPSA) is 11.4 Å². The third-order valence-electron chi connectivity index (χ3n) is 6.01. The van der Waals surface area contributed by atoms with Crippen LogP contribution in [0.15, 0.2) is 30.5 Å². The molecule has 1 aromatic heterocycles. The minimum Gasteiger partial charge on any atom is -0.344 e. The zero-order valence-electron chi connectivity index (χ0n) is 14.5. The van der Waals surface area contributed by atoms with Crippen molar-refractivity contribution in [2.75, 3.05) is 33.7 Å². The number of hydrogen-bond acceptors (Lipinski definition) is 2. The lowest BCUT2D eigenvalue weighted by Crippen LogP contribution is -2.31. The van der Waals surface area contributed by atoms with Crippen LogP contribution in [-0.4, -0.2) is 54.1 Å². The minimum absolute atomic E-state index is 0.674. The molecule has 0 aliphatic carbocycles. The Labute approximate surface area is 139 Å². The Hall–Kier alpha value is -1.32. The average molecular weight is 311 g/mol. The number of hydrogen-bond donors (Lipinski definition) is 0. The molecule has 3 nitrogen and oxygen atoms in total. The Morgan fingerprint density at radius 3 is 2.57 bits per heavy atom. The van der Waals surface area contributed by atoms with Crippen LogP contribution in [0, 0.1) is 0 Å². The molecule has 2 fully saturated rings. The summed E-state index contributed by atoms with van der Waals surface area (Å²) in [6.45, 7) is 3.70. The summed E-state index contributed by atoms with van der Waals surface area (Å²) in [6.07, 6.45) is 8.77. The summed E-state index contributed by atoms with van der Waals surface area (Å²) in [5.41, 5.74) is 2.95. The Kier molecular flexibility index (Phi) is 4.16. The van der Waals surface area contributed by atoms with E-state index >= 15 is 0 Å². The van der Waals surface area contributed by atoms with Gasteiger partial charge in [-0.15, -0.1) is 0 Å². The molecule has 124 valence electrons. The van der Waals surface area contributed by atoms with Crippen molar-refractivity contribution >= 4 is 10.9 Å². The van der Waals surface area contributed by atoms with Crippen LogP contribution in [0.5, 0.6) is 0 Å². The van der Waals surface area contributed by atoms with Gasteiger partial charge in [-0.25, -0.2) is 0 Å². The molecule has 0 bridgehead atoms. The van der Waals surface area contributed by atoms with Crippen LogP contribution in [0.1, 0.15) is 37.3 Å². The highest BCUT2D eigenvalue weighted by Gasteiger charge is 2.22. The van der Waals surface area contributed by atoms with Crippen molar-refractivity contribution < 1.29 is 0 Å². The van der Waals surface area contributed by atoms with Crippen molar-refractivity contribution in [3.63, 3.8) is 0 Å². The van der Waals surface area contributed by atoms with Crippen LogP contribution in [-0.2, 0) is 6.42 Å². The normalized spacial score (nSPS) is 24.7. The summed E-state index contributed by atoms with van der Waals surface area (Å²) in [5, 5.41) is 1.40. The van der Waals surface area contributed by atoms with Gasteiger partial charge in [0.15, 0.2) is 0 Å². The highest BCUT2D eigenvalue weighted by molar-refractivity contribution is 5.81. The first-order valence-electron chi connectivity index (χ1n) is 9.19. The van der Waals surface area contributed by atoms with E-state index in [-0.39, 0.29) is 0 Å². The van der Waals surface area contributed by atoms with Crippen molar-refractivity contribution in [1.29, 1.82) is 0 Å². The third-order valence-corrected chi connectivity index (χ3v) is 6.01. The number of likely N-dealkylation sites (N-methyl/N-ethyl adjacent to an activating group) is 1. The predicted molar refractivity (Wildman–Crippen MR) is 97.1 cm³/mol. The van der Waals surface area contributed by atoms with Crippen LogP contribution in [0.3, 0.4) is 0 Å². The van der Waals surface area contributed by atoms with Crippen LogP contribution in [0.25, 0.3) is 10.9 Å².